The first kappa shape index (κ1) is 15.8. The summed E-state index contributed by atoms with van der Waals surface area (Å²) >= 11 is 0. The van der Waals surface area contributed by atoms with E-state index in [1.165, 1.54) is 16.9 Å². The van der Waals surface area contributed by atoms with Gasteiger partial charge in [-0.1, -0.05) is 0 Å². The van der Waals surface area contributed by atoms with Crippen LogP contribution in [0.25, 0.3) is 0 Å². The summed E-state index contributed by atoms with van der Waals surface area (Å²) < 4.78 is 6.11. The summed E-state index contributed by atoms with van der Waals surface area (Å²) in [4.78, 5) is 37.6. The Balaban J connectivity index is 1.90. The fraction of sp³-hybridized carbons (Fsp3) is 0.538. The summed E-state index contributed by atoms with van der Waals surface area (Å²) in [5.41, 5.74) is 0.200. The molecule has 2 rings (SSSR count). The van der Waals surface area contributed by atoms with Crippen LogP contribution < -0.4 is 0 Å². The minimum Gasteiger partial charge on any atom is -0.480 e. The minimum atomic E-state index is -1.02. The SMILES string of the molecule is CCOC(=O)N1CCN(C(=O)c2ccn(CC(=O)O)n2)CC1. The van der Waals surface area contributed by atoms with Gasteiger partial charge in [0.25, 0.3) is 5.91 Å². The van der Waals surface area contributed by atoms with Crippen molar-refractivity contribution >= 4 is 18.0 Å². The third-order valence-corrected chi connectivity index (χ3v) is 3.25. The molecule has 22 heavy (non-hydrogen) atoms. The Labute approximate surface area is 127 Å². The number of amides is 2. The highest BCUT2D eigenvalue weighted by atomic mass is 16.6. The molecule has 120 valence electrons. The van der Waals surface area contributed by atoms with E-state index >= 15 is 0 Å². The van der Waals surface area contributed by atoms with Gasteiger partial charge in [-0.2, -0.15) is 5.10 Å². The Kier molecular flexibility index (Phi) is 4.97. The van der Waals surface area contributed by atoms with Crippen LogP contribution in [-0.4, -0.2) is 75.4 Å². The van der Waals surface area contributed by atoms with Gasteiger partial charge in [-0.05, 0) is 13.0 Å². The molecule has 1 saturated heterocycles. The molecular formula is C13H18N4O5. The summed E-state index contributed by atoms with van der Waals surface area (Å²) in [5.74, 6) is -1.29. The van der Waals surface area contributed by atoms with Crippen molar-refractivity contribution < 1.29 is 24.2 Å². The highest BCUT2D eigenvalue weighted by molar-refractivity contribution is 5.92. The zero-order valence-electron chi connectivity index (χ0n) is 12.3. The van der Waals surface area contributed by atoms with Gasteiger partial charge in [0.05, 0.1) is 6.61 Å². The number of rotatable bonds is 4. The minimum absolute atomic E-state index is 0.200. The lowest BCUT2D eigenvalue weighted by atomic mass is 10.3. The number of piperazine rings is 1. The van der Waals surface area contributed by atoms with Crippen LogP contribution in [0.5, 0.6) is 0 Å². The Bertz CT molecular complexity index is 563. The molecule has 0 saturated carbocycles. The van der Waals surface area contributed by atoms with E-state index < -0.39 is 5.97 Å². The molecule has 1 aromatic rings. The Morgan fingerprint density at radius 3 is 2.45 bits per heavy atom. The van der Waals surface area contributed by atoms with E-state index in [1.54, 1.807) is 16.7 Å². The second-order valence-electron chi connectivity index (χ2n) is 4.77. The van der Waals surface area contributed by atoms with Gasteiger partial charge in [-0.25, -0.2) is 4.79 Å². The lowest BCUT2D eigenvalue weighted by molar-refractivity contribution is -0.137. The third-order valence-electron chi connectivity index (χ3n) is 3.25. The number of carboxylic acid groups (broad SMARTS) is 1. The van der Waals surface area contributed by atoms with Crippen molar-refractivity contribution in [2.75, 3.05) is 32.8 Å². The molecule has 1 fully saturated rings. The molecule has 0 atom stereocenters. The first-order chi connectivity index (χ1) is 10.5. The van der Waals surface area contributed by atoms with Crippen LogP contribution in [0, 0.1) is 0 Å². The molecule has 0 unspecified atom stereocenters. The molecule has 9 nitrogen and oxygen atoms in total. The number of carbonyl (C=O) groups is 3. The molecular weight excluding hydrogens is 292 g/mol. The number of ether oxygens (including phenoxy) is 1. The third kappa shape index (κ3) is 3.74. The van der Waals surface area contributed by atoms with E-state index in [4.69, 9.17) is 9.84 Å². The van der Waals surface area contributed by atoms with Crippen molar-refractivity contribution in [3.8, 4) is 0 Å². The summed E-state index contributed by atoms with van der Waals surface area (Å²) in [6.07, 6.45) is 1.08. The van der Waals surface area contributed by atoms with Gasteiger partial charge in [0.1, 0.15) is 12.2 Å². The number of carbonyl (C=O) groups excluding carboxylic acids is 2. The van der Waals surface area contributed by atoms with E-state index in [2.05, 4.69) is 5.10 Å². The zero-order chi connectivity index (χ0) is 16.1. The van der Waals surface area contributed by atoms with Gasteiger partial charge in [-0.15, -0.1) is 0 Å². The second kappa shape index (κ2) is 6.92. The molecule has 9 heteroatoms. The van der Waals surface area contributed by atoms with E-state index in [0.717, 1.165) is 0 Å². The maximum atomic E-state index is 12.3. The van der Waals surface area contributed by atoms with Gasteiger partial charge >= 0.3 is 12.1 Å². The molecule has 0 aromatic carbocycles. The predicted molar refractivity (Wildman–Crippen MR) is 74.4 cm³/mol. The first-order valence-electron chi connectivity index (χ1n) is 6.97. The van der Waals surface area contributed by atoms with Crippen molar-refractivity contribution in [1.29, 1.82) is 0 Å². The molecule has 1 aliphatic heterocycles. The fourth-order valence-corrected chi connectivity index (χ4v) is 2.17. The Morgan fingerprint density at radius 1 is 1.23 bits per heavy atom. The van der Waals surface area contributed by atoms with Gasteiger partial charge in [0.15, 0.2) is 0 Å². The summed E-state index contributed by atoms with van der Waals surface area (Å²) in [7, 11) is 0. The smallest absolute Gasteiger partial charge is 0.409 e. The summed E-state index contributed by atoms with van der Waals surface area (Å²) in [6.45, 7) is 3.36. The summed E-state index contributed by atoms with van der Waals surface area (Å²) in [6, 6.07) is 1.49. The number of hydrogen-bond donors (Lipinski definition) is 1. The van der Waals surface area contributed by atoms with Gasteiger partial charge in [0, 0.05) is 32.4 Å². The van der Waals surface area contributed by atoms with Crippen molar-refractivity contribution in [3.63, 3.8) is 0 Å². The van der Waals surface area contributed by atoms with Gasteiger partial charge in [0.2, 0.25) is 0 Å². The highest BCUT2D eigenvalue weighted by Crippen LogP contribution is 2.08. The van der Waals surface area contributed by atoms with Crippen molar-refractivity contribution in [3.05, 3.63) is 18.0 Å². The molecule has 0 radical (unpaired) electrons. The van der Waals surface area contributed by atoms with Crippen LogP contribution in [0.15, 0.2) is 12.3 Å². The van der Waals surface area contributed by atoms with E-state index in [-0.39, 0.29) is 24.2 Å². The van der Waals surface area contributed by atoms with Gasteiger partial charge < -0.3 is 19.6 Å². The normalized spacial score (nSPS) is 14.8. The topological polar surface area (TPSA) is 105 Å². The fourth-order valence-electron chi connectivity index (χ4n) is 2.17. The molecule has 0 aliphatic carbocycles. The first-order valence-corrected chi connectivity index (χ1v) is 6.97. The maximum absolute atomic E-state index is 12.3. The molecule has 2 heterocycles. The zero-order valence-corrected chi connectivity index (χ0v) is 12.3. The van der Waals surface area contributed by atoms with Crippen LogP contribution in [-0.2, 0) is 16.1 Å². The monoisotopic (exact) mass is 310 g/mol. The second-order valence-corrected chi connectivity index (χ2v) is 4.77. The number of hydrogen-bond acceptors (Lipinski definition) is 5. The standard InChI is InChI=1S/C13H18N4O5/c1-2-22-13(21)16-7-5-15(6-8-16)12(20)10-3-4-17(14-10)9-11(18)19/h3-4H,2,5-9H2,1H3,(H,18,19). The lowest BCUT2D eigenvalue weighted by Crippen LogP contribution is -2.50. The highest BCUT2D eigenvalue weighted by Gasteiger charge is 2.26. The molecule has 0 bridgehead atoms. The Morgan fingerprint density at radius 2 is 1.86 bits per heavy atom. The number of aliphatic carboxylic acids is 1. The van der Waals surface area contributed by atoms with Crippen LogP contribution in [0.2, 0.25) is 0 Å². The summed E-state index contributed by atoms with van der Waals surface area (Å²) in [5, 5.41) is 12.6. The Hall–Kier alpha value is -2.58. The van der Waals surface area contributed by atoms with Crippen LogP contribution >= 0.6 is 0 Å². The van der Waals surface area contributed by atoms with E-state index in [0.29, 0.717) is 32.8 Å². The average molecular weight is 310 g/mol. The lowest BCUT2D eigenvalue weighted by Gasteiger charge is -2.33. The largest absolute Gasteiger partial charge is 0.480 e. The number of carboxylic acids is 1. The van der Waals surface area contributed by atoms with Crippen LogP contribution in [0.1, 0.15) is 17.4 Å². The average Bonchev–Trinajstić information content (AvgIpc) is 2.94. The number of nitrogens with zero attached hydrogens (tertiary/aromatic N) is 4. The molecule has 1 aliphatic rings. The molecule has 0 spiro atoms. The molecule has 1 aromatic heterocycles. The van der Waals surface area contributed by atoms with Crippen molar-refractivity contribution in [2.24, 2.45) is 0 Å². The van der Waals surface area contributed by atoms with E-state index in [9.17, 15) is 14.4 Å². The van der Waals surface area contributed by atoms with Crippen LogP contribution in [0.3, 0.4) is 0 Å². The number of aromatic nitrogens is 2. The van der Waals surface area contributed by atoms with E-state index in [1.807, 2.05) is 0 Å². The predicted octanol–water partition coefficient (Wildman–Crippen LogP) is -0.118. The van der Waals surface area contributed by atoms with Gasteiger partial charge in [-0.3, -0.25) is 14.3 Å². The quantitative estimate of drug-likeness (QED) is 0.831. The molecule has 2 amide bonds. The van der Waals surface area contributed by atoms with Crippen LogP contribution in [0.4, 0.5) is 4.79 Å². The van der Waals surface area contributed by atoms with Crippen molar-refractivity contribution in [1.82, 2.24) is 19.6 Å². The molecule has 1 N–H and O–H groups in total. The maximum Gasteiger partial charge on any atom is 0.409 e. The van der Waals surface area contributed by atoms with Crippen molar-refractivity contribution in [2.45, 2.75) is 13.5 Å².